The Morgan fingerprint density at radius 3 is 2.52 bits per heavy atom. The number of rotatable bonds is 5. The molecule has 5 heteroatoms. The third-order valence-electron chi connectivity index (χ3n) is 5.07. The maximum absolute atomic E-state index is 13.1. The van der Waals surface area contributed by atoms with Gasteiger partial charge in [0.05, 0.1) is 12.1 Å². The first kappa shape index (κ1) is 16.1. The fourth-order valence-electron chi connectivity index (χ4n) is 3.98. The van der Waals surface area contributed by atoms with Crippen molar-refractivity contribution < 1.29 is 14.3 Å². The maximum Gasteiger partial charge on any atom is 0.234 e. The van der Waals surface area contributed by atoms with E-state index < -0.39 is 5.60 Å². The largest absolute Gasteiger partial charge is 0.385 e. The van der Waals surface area contributed by atoms with Crippen LogP contribution >= 0.6 is 0 Å². The summed E-state index contributed by atoms with van der Waals surface area (Å²) in [5, 5.41) is 13.8. The Morgan fingerprint density at radius 2 is 1.96 bits per heavy atom. The summed E-state index contributed by atoms with van der Waals surface area (Å²) in [5.41, 5.74) is -0.153. The van der Waals surface area contributed by atoms with Crippen molar-refractivity contribution >= 4 is 5.91 Å². The Hall–Kier alpha value is -1.72. The molecule has 0 spiro atoms. The van der Waals surface area contributed by atoms with Gasteiger partial charge in [-0.05, 0) is 43.4 Å². The van der Waals surface area contributed by atoms with Crippen molar-refractivity contribution in [3.8, 4) is 0 Å². The van der Waals surface area contributed by atoms with E-state index in [0.717, 1.165) is 18.4 Å². The number of fused-ring (bicyclic) bond motifs is 2. The van der Waals surface area contributed by atoms with Gasteiger partial charge >= 0.3 is 0 Å². The summed E-state index contributed by atoms with van der Waals surface area (Å²) in [7, 11) is 0. The van der Waals surface area contributed by atoms with Crippen molar-refractivity contribution in [1.29, 1.82) is 0 Å². The molecule has 0 aliphatic carbocycles. The fraction of sp³-hybridized carbons (Fsp3) is 0.500. The Balaban J connectivity index is 1.70. The molecule has 1 aromatic rings. The fourth-order valence-corrected chi connectivity index (χ4v) is 3.98. The molecule has 4 nitrogen and oxygen atoms in total. The van der Waals surface area contributed by atoms with Crippen LogP contribution in [0.3, 0.4) is 0 Å². The van der Waals surface area contributed by atoms with Gasteiger partial charge < -0.3 is 10.4 Å². The van der Waals surface area contributed by atoms with Crippen molar-refractivity contribution in [3.63, 3.8) is 0 Å². The van der Waals surface area contributed by atoms with Gasteiger partial charge in [-0.1, -0.05) is 18.2 Å². The average molecular weight is 318 g/mol. The molecule has 23 heavy (non-hydrogen) atoms. The predicted octanol–water partition coefficient (Wildman–Crippen LogP) is 1.94. The zero-order chi connectivity index (χ0) is 16.4. The lowest BCUT2D eigenvalue weighted by atomic mass is 9.80. The van der Waals surface area contributed by atoms with Crippen LogP contribution in [0.15, 0.2) is 36.9 Å². The third kappa shape index (κ3) is 3.31. The van der Waals surface area contributed by atoms with E-state index in [1.54, 1.807) is 18.2 Å². The summed E-state index contributed by atoms with van der Waals surface area (Å²) >= 11 is 0. The van der Waals surface area contributed by atoms with Crippen molar-refractivity contribution in [1.82, 2.24) is 10.2 Å². The lowest BCUT2D eigenvalue weighted by Crippen LogP contribution is -2.52. The molecule has 0 radical (unpaired) electrons. The van der Waals surface area contributed by atoms with Crippen LogP contribution in [0, 0.1) is 5.82 Å². The number of hydrogen-bond donors (Lipinski definition) is 2. The van der Waals surface area contributed by atoms with E-state index in [2.05, 4.69) is 16.8 Å². The molecule has 2 N–H and O–H groups in total. The minimum atomic E-state index is -0.923. The minimum Gasteiger partial charge on any atom is -0.385 e. The second kappa shape index (κ2) is 6.42. The van der Waals surface area contributed by atoms with E-state index in [4.69, 9.17) is 0 Å². The Bertz CT molecular complexity index is 573. The van der Waals surface area contributed by atoms with Crippen LogP contribution in [0.1, 0.15) is 31.2 Å². The van der Waals surface area contributed by atoms with E-state index in [-0.39, 0.29) is 23.8 Å². The molecule has 2 fully saturated rings. The molecule has 124 valence electrons. The Labute approximate surface area is 136 Å². The molecule has 2 bridgehead atoms. The monoisotopic (exact) mass is 318 g/mol. The number of carbonyl (C=O) groups excluding carboxylic acids is 1. The summed E-state index contributed by atoms with van der Waals surface area (Å²) in [4.78, 5) is 14.2. The lowest BCUT2D eigenvalue weighted by Gasteiger charge is -2.43. The van der Waals surface area contributed by atoms with E-state index in [9.17, 15) is 14.3 Å². The van der Waals surface area contributed by atoms with Crippen molar-refractivity contribution in [2.45, 2.75) is 43.4 Å². The van der Waals surface area contributed by atoms with Crippen molar-refractivity contribution in [2.75, 3.05) is 13.1 Å². The molecule has 2 heterocycles. The highest BCUT2D eigenvalue weighted by molar-refractivity contribution is 5.78. The molecule has 3 rings (SSSR count). The first-order valence-corrected chi connectivity index (χ1v) is 8.13. The highest BCUT2D eigenvalue weighted by Gasteiger charge is 2.48. The number of amides is 1. The number of aliphatic hydroxyl groups is 1. The molecule has 2 atom stereocenters. The number of benzene rings is 1. The summed E-state index contributed by atoms with van der Waals surface area (Å²) < 4.78 is 13.1. The van der Waals surface area contributed by atoms with Crippen molar-refractivity contribution in [2.24, 2.45) is 0 Å². The number of carbonyl (C=O) groups is 1. The van der Waals surface area contributed by atoms with E-state index >= 15 is 0 Å². The van der Waals surface area contributed by atoms with Gasteiger partial charge in [0.2, 0.25) is 5.91 Å². The van der Waals surface area contributed by atoms with Gasteiger partial charge in [0, 0.05) is 18.6 Å². The summed E-state index contributed by atoms with van der Waals surface area (Å²) in [6, 6.07) is 6.51. The SMILES string of the molecule is C=CCNC(=O)CN1C2CCC1CC(O)(c1ccc(F)cc1)C2. The number of piperidine rings is 1. The quantitative estimate of drug-likeness (QED) is 0.816. The van der Waals surface area contributed by atoms with Gasteiger partial charge in [0.1, 0.15) is 5.82 Å². The molecule has 1 aromatic carbocycles. The van der Waals surface area contributed by atoms with E-state index in [0.29, 0.717) is 25.9 Å². The number of nitrogens with one attached hydrogen (secondary N) is 1. The highest BCUT2D eigenvalue weighted by Crippen LogP contribution is 2.45. The van der Waals surface area contributed by atoms with Crippen LogP contribution in [0.2, 0.25) is 0 Å². The lowest BCUT2D eigenvalue weighted by molar-refractivity contribution is -0.125. The van der Waals surface area contributed by atoms with Crippen LogP contribution < -0.4 is 5.32 Å². The van der Waals surface area contributed by atoms with Gasteiger partial charge in [-0.15, -0.1) is 6.58 Å². The molecular weight excluding hydrogens is 295 g/mol. The number of hydrogen-bond acceptors (Lipinski definition) is 3. The van der Waals surface area contributed by atoms with Gasteiger partial charge in [0.25, 0.3) is 0 Å². The van der Waals surface area contributed by atoms with Gasteiger partial charge in [-0.25, -0.2) is 4.39 Å². The zero-order valence-electron chi connectivity index (χ0n) is 13.2. The topological polar surface area (TPSA) is 52.6 Å². The standard InChI is InChI=1S/C18H23FN2O2/c1-2-9-20-17(22)12-21-15-7-8-16(21)11-18(23,10-15)13-3-5-14(19)6-4-13/h2-6,15-16,23H,1,7-12H2,(H,20,22). The van der Waals surface area contributed by atoms with Crippen LogP contribution in [0.5, 0.6) is 0 Å². The van der Waals surface area contributed by atoms with Gasteiger partial charge in [-0.3, -0.25) is 9.69 Å². The predicted molar refractivity (Wildman–Crippen MR) is 86.3 cm³/mol. The molecule has 0 aromatic heterocycles. The summed E-state index contributed by atoms with van der Waals surface area (Å²) in [6.45, 7) is 4.43. The van der Waals surface area contributed by atoms with Crippen LogP contribution in [0.25, 0.3) is 0 Å². The molecular formula is C18H23FN2O2. The normalized spacial score (nSPS) is 30.2. The zero-order valence-corrected chi connectivity index (χ0v) is 13.2. The summed E-state index contributed by atoms with van der Waals surface area (Å²) in [6.07, 6.45) is 4.82. The molecule has 2 unspecified atom stereocenters. The third-order valence-corrected chi connectivity index (χ3v) is 5.07. The molecule has 1 amide bonds. The number of halogens is 1. The van der Waals surface area contributed by atoms with E-state index in [1.807, 2.05) is 0 Å². The molecule has 2 saturated heterocycles. The summed E-state index contributed by atoms with van der Waals surface area (Å²) in [5.74, 6) is -0.300. The maximum atomic E-state index is 13.1. The average Bonchev–Trinajstić information content (AvgIpc) is 2.77. The molecule has 0 saturated carbocycles. The second-order valence-corrected chi connectivity index (χ2v) is 6.60. The minimum absolute atomic E-state index is 0.00554. The smallest absolute Gasteiger partial charge is 0.234 e. The van der Waals surface area contributed by atoms with Gasteiger partial charge in [-0.2, -0.15) is 0 Å². The number of nitrogens with zero attached hydrogens (tertiary/aromatic N) is 1. The van der Waals surface area contributed by atoms with Crippen LogP contribution in [0.4, 0.5) is 4.39 Å². The molecule has 2 aliphatic rings. The first-order chi connectivity index (χ1) is 11.0. The van der Waals surface area contributed by atoms with Crippen LogP contribution in [-0.4, -0.2) is 41.1 Å². The highest BCUT2D eigenvalue weighted by atomic mass is 19.1. The van der Waals surface area contributed by atoms with Gasteiger partial charge in [0.15, 0.2) is 0 Å². The Morgan fingerprint density at radius 1 is 1.35 bits per heavy atom. The molecule has 2 aliphatic heterocycles. The first-order valence-electron chi connectivity index (χ1n) is 8.13. The van der Waals surface area contributed by atoms with E-state index in [1.165, 1.54) is 12.1 Å². The Kier molecular flexibility index (Phi) is 4.50. The second-order valence-electron chi connectivity index (χ2n) is 6.60. The van der Waals surface area contributed by atoms with Crippen LogP contribution in [-0.2, 0) is 10.4 Å². The van der Waals surface area contributed by atoms with Crippen molar-refractivity contribution in [3.05, 3.63) is 48.3 Å².